The highest BCUT2D eigenvalue weighted by atomic mass is 32.1. The molecule has 0 amide bonds. The fourth-order valence-electron chi connectivity index (χ4n) is 2.54. The summed E-state index contributed by atoms with van der Waals surface area (Å²) in [6, 6.07) is 0.401. The number of ether oxygens (including phenoxy) is 1. The first kappa shape index (κ1) is 18.5. The van der Waals surface area contributed by atoms with Crippen molar-refractivity contribution in [3.05, 3.63) is 47.2 Å². The van der Waals surface area contributed by atoms with E-state index in [1.54, 1.807) is 18.4 Å². The minimum atomic E-state index is 0.0260. The van der Waals surface area contributed by atoms with E-state index in [0.717, 1.165) is 28.7 Å². The molecule has 1 N–H and O–H groups in total. The second kappa shape index (κ2) is 8.83. The maximum atomic E-state index is 5.46. The van der Waals surface area contributed by atoms with E-state index >= 15 is 0 Å². The fourth-order valence-corrected chi connectivity index (χ4v) is 3.44. The van der Waals surface area contributed by atoms with Gasteiger partial charge >= 0.3 is 0 Å². The highest BCUT2D eigenvalue weighted by Crippen LogP contribution is 2.23. The zero-order valence-corrected chi connectivity index (χ0v) is 15.9. The zero-order chi connectivity index (χ0) is 17.5. The first-order chi connectivity index (χ1) is 11.5. The number of thiazole rings is 1. The van der Waals surface area contributed by atoms with Gasteiger partial charge in [0.1, 0.15) is 0 Å². The molecule has 1 aromatic rings. The molecule has 0 fully saturated rings. The molecule has 1 aliphatic rings. The van der Waals surface area contributed by atoms with Gasteiger partial charge < -0.3 is 10.1 Å². The maximum Gasteiger partial charge on any atom is 0.183 e. The lowest BCUT2D eigenvalue weighted by molar-refractivity contribution is 0.282. The smallest absolute Gasteiger partial charge is 0.183 e. The Morgan fingerprint density at radius 3 is 2.96 bits per heavy atom. The summed E-state index contributed by atoms with van der Waals surface area (Å²) < 4.78 is 5.46. The molecule has 1 heterocycles. The number of methoxy groups -OCH3 is 1. The van der Waals surface area contributed by atoms with Crippen LogP contribution < -0.4 is 5.32 Å². The van der Waals surface area contributed by atoms with Crippen molar-refractivity contribution in [2.24, 2.45) is 10.9 Å². The van der Waals surface area contributed by atoms with Gasteiger partial charge in [-0.3, -0.25) is 4.99 Å². The van der Waals surface area contributed by atoms with Gasteiger partial charge in [0, 0.05) is 23.8 Å². The molecule has 1 aliphatic carbocycles. The first-order valence-corrected chi connectivity index (χ1v) is 9.22. The van der Waals surface area contributed by atoms with Crippen LogP contribution in [0, 0.1) is 5.92 Å². The molecule has 4 nitrogen and oxygen atoms in total. The minimum absolute atomic E-state index is 0.0260. The normalized spacial score (nSPS) is 21.9. The molecule has 0 spiro atoms. The molecule has 0 bridgehead atoms. The Hall–Kier alpha value is -1.88. The van der Waals surface area contributed by atoms with Crippen LogP contribution in [0.25, 0.3) is 0 Å². The summed E-state index contributed by atoms with van der Waals surface area (Å²) in [7, 11) is 1.72. The maximum absolute atomic E-state index is 5.46. The van der Waals surface area contributed by atoms with Gasteiger partial charge in [0.25, 0.3) is 0 Å². The van der Waals surface area contributed by atoms with Crippen LogP contribution in [0.3, 0.4) is 0 Å². The van der Waals surface area contributed by atoms with Gasteiger partial charge in [-0.05, 0) is 33.8 Å². The van der Waals surface area contributed by atoms with E-state index in [-0.39, 0.29) is 12.0 Å². The molecule has 0 radical (unpaired) electrons. The van der Waals surface area contributed by atoms with Crippen LogP contribution in [-0.2, 0) is 4.74 Å². The first-order valence-electron chi connectivity index (χ1n) is 8.34. The molecule has 24 heavy (non-hydrogen) atoms. The average molecular weight is 346 g/mol. The lowest BCUT2D eigenvalue weighted by Gasteiger charge is -2.15. The molecule has 0 saturated carbocycles. The molecule has 0 aromatic carbocycles. The van der Waals surface area contributed by atoms with Crippen molar-refractivity contribution in [1.29, 1.82) is 0 Å². The number of hydrogen-bond donors (Lipinski definition) is 1. The van der Waals surface area contributed by atoms with E-state index in [9.17, 15) is 0 Å². The monoisotopic (exact) mass is 345 g/mol. The van der Waals surface area contributed by atoms with Crippen molar-refractivity contribution in [2.75, 3.05) is 12.4 Å². The number of aromatic nitrogens is 1. The Bertz CT molecular complexity index is 655. The van der Waals surface area contributed by atoms with E-state index in [2.05, 4.69) is 59.9 Å². The molecule has 0 saturated heterocycles. The number of aliphatic imine (C=N–C) groups is 1. The number of rotatable bonds is 6. The third kappa shape index (κ3) is 5.06. The van der Waals surface area contributed by atoms with E-state index in [1.807, 2.05) is 13.8 Å². The predicted molar refractivity (Wildman–Crippen MR) is 104 cm³/mol. The van der Waals surface area contributed by atoms with Crippen LogP contribution in [0.15, 0.2) is 46.5 Å². The van der Waals surface area contributed by atoms with Crippen molar-refractivity contribution < 1.29 is 4.74 Å². The van der Waals surface area contributed by atoms with Crippen LogP contribution in [0.5, 0.6) is 0 Å². The van der Waals surface area contributed by atoms with Crippen LogP contribution in [0.1, 0.15) is 39.8 Å². The second-order valence-corrected chi connectivity index (χ2v) is 6.97. The molecule has 0 aliphatic heterocycles. The van der Waals surface area contributed by atoms with Crippen LogP contribution >= 0.6 is 11.3 Å². The van der Waals surface area contributed by atoms with E-state index in [1.165, 1.54) is 0 Å². The average Bonchev–Trinajstić information content (AvgIpc) is 2.91. The Balaban J connectivity index is 2.26. The van der Waals surface area contributed by atoms with Crippen molar-refractivity contribution >= 4 is 22.2 Å². The van der Waals surface area contributed by atoms with Crippen LogP contribution in [0.2, 0.25) is 0 Å². The quantitative estimate of drug-likeness (QED) is 0.594. The number of allylic oxidation sites excluding steroid dienone is 2. The van der Waals surface area contributed by atoms with Gasteiger partial charge in [0.15, 0.2) is 5.13 Å². The van der Waals surface area contributed by atoms with E-state index < -0.39 is 0 Å². The summed E-state index contributed by atoms with van der Waals surface area (Å²) >= 11 is 1.62. The number of nitrogens with zero attached hydrogens (tertiary/aromatic N) is 2. The van der Waals surface area contributed by atoms with Crippen LogP contribution in [-0.4, -0.2) is 29.9 Å². The molecular weight excluding hydrogens is 318 g/mol. The molecule has 130 valence electrons. The van der Waals surface area contributed by atoms with E-state index in [0.29, 0.717) is 6.04 Å². The summed E-state index contributed by atoms with van der Waals surface area (Å²) in [6.07, 6.45) is 11.5. The predicted octanol–water partition coefficient (Wildman–Crippen LogP) is 4.82. The molecular formula is C19H27N3OS. The Kier molecular flexibility index (Phi) is 6.79. The van der Waals surface area contributed by atoms with Gasteiger partial charge in [-0.25, -0.2) is 4.98 Å². The molecule has 1 aromatic heterocycles. The van der Waals surface area contributed by atoms with Gasteiger partial charge in [-0.1, -0.05) is 24.3 Å². The Morgan fingerprint density at radius 2 is 2.29 bits per heavy atom. The number of hydrogen-bond acceptors (Lipinski definition) is 5. The summed E-state index contributed by atoms with van der Waals surface area (Å²) in [5.74, 6) is 1.20. The van der Waals surface area contributed by atoms with Gasteiger partial charge in [-0.2, -0.15) is 0 Å². The van der Waals surface area contributed by atoms with E-state index in [4.69, 9.17) is 9.73 Å². The highest BCUT2D eigenvalue weighted by Gasteiger charge is 2.18. The van der Waals surface area contributed by atoms with Crippen molar-refractivity contribution in [1.82, 2.24) is 4.98 Å². The molecule has 2 atom stereocenters. The summed E-state index contributed by atoms with van der Waals surface area (Å²) in [5, 5.41) is 6.33. The summed E-state index contributed by atoms with van der Waals surface area (Å²) in [4.78, 5) is 9.57. The standard InChI is InChI=1S/C19H27N3OS/c1-6-8-15-9-7-10-16(23-5)11-17(15)21-14(4)18-12-24-19(22-18)20-13(2)3/h6-9,11-13,15,17H,10H2,1-5H3,(H,20,22)/b8-6-,21-14?. The largest absolute Gasteiger partial charge is 0.501 e. The second-order valence-electron chi connectivity index (χ2n) is 6.11. The summed E-state index contributed by atoms with van der Waals surface area (Å²) in [6.45, 7) is 8.28. The topological polar surface area (TPSA) is 46.5 Å². The van der Waals surface area contributed by atoms with Crippen molar-refractivity contribution in [3.8, 4) is 0 Å². The lowest BCUT2D eigenvalue weighted by Crippen LogP contribution is -2.15. The molecule has 2 rings (SSSR count). The number of nitrogens with one attached hydrogen (secondary N) is 1. The lowest BCUT2D eigenvalue weighted by atomic mass is 9.99. The third-order valence-corrected chi connectivity index (χ3v) is 4.51. The SMILES string of the molecule is C/C=C\C1C=CCC(OC)=CC1N=C(C)c1csc(NC(C)C)n1. The minimum Gasteiger partial charge on any atom is -0.501 e. The zero-order valence-electron chi connectivity index (χ0n) is 15.1. The fraction of sp³-hybridized carbons (Fsp3) is 0.474. The van der Waals surface area contributed by atoms with Gasteiger partial charge in [0.2, 0.25) is 0 Å². The third-order valence-electron chi connectivity index (χ3n) is 3.73. The summed E-state index contributed by atoms with van der Waals surface area (Å²) in [5.41, 5.74) is 1.88. The van der Waals surface area contributed by atoms with Crippen molar-refractivity contribution in [2.45, 2.75) is 46.2 Å². The molecule has 2 unspecified atom stereocenters. The van der Waals surface area contributed by atoms with Gasteiger partial charge in [0.05, 0.1) is 30.3 Å². The highest BCUT2D eigenvalue weighted by molar-refractivity contribution is 7.13. The van der Waals surface area contributed by atoms with Crippen LogP contribution in [0.4, 0.5) is 5.13 Å². The number of anilines is 1. The van der Waals surface area contributed by atoms with Crippen molar-refractivity contribution in [3.63, 3.8) is 0 Å². The molecule has 5 heteroatoms. The Morgan fingerprint density at radius 1 is 1.50 bits per heavy atom. The Labute approximate surface area is 149 Å². The van der Waals surface area contributed by atoms with Gasteiger partial charge in [-0.15, -0.1) is 11.3 Å².